The summed E-state index contributed by atoms with van der Waals surface area (Å²) in [7, 11) is 1.66. The van der Waals surface area contributed by atoms with Crippen molar-refractivity contribution in [3.05, 3.63) is 71.9 Å². The average molecular weight is 336 g/mol. The van der Waals surface area contributed by atoms with Crippen LogP contribution in [0, 0.1) is 0 Å². The summed E-state index contributed by atoms with van der Waals surface area (Å²) in [5, 5.41) is 12.5. The molecule has 3 rings (SSSR count). The SMILES string of the molecule is COCc1ccccc1CNC(=O)Nc1ccc(-c2ccn[nH]2)cc1. The van der Waals surface area contributed by atoms with Crippen molar-refractivity contribution < 1.29 is 9.53 Å². The quantitative estimate of drug-likeness (QED) is 0.644. The van der Waals surface area contributed by atoms with E-state index in [9.17, 15) is 4.79 Å². The Morgan fingerprint density at radius 3 is 2.52 bits per heavy atom. The lowest BCUT2D eigenvalue weighted by molar-refractivity contribution is 0.184. The first-order valence-corrected chi connectivity index (χ1v) is 7.96. The highest BCUT2D eigenvalue weighted by Gasteiger charge is 2.06. The summed E-state index contributed by atoms with van der Waals surface area (Å²) in [6, 6.07) is 17.1. The van der Waals surface area contributed by atoms with Crippen LogP contribution < -0.4 is 10.6 Å². The maximum atomic E-state index is 12.1. The highest BCUT2D eigenvalue weighted by Crippen LogP contribution is 2.18. The molecular weight excluding hydrogens is 316 g/mol. The zero-order chi connectivity index (χ0) is 17.5. The summed E-state index contributed by atoms with van der Waals surface area (Å²) in [4.78, 5) is 12.1. The maximum Gasteiger partial charge on any atom is 0.319 e. The van der Waals surface area contributed by atoms with Crippen molar-refractivity contribution in [1.29, 1.82) is 0 Å². The van der Waals surface area contributed by atoms with Crippen LogP contribution in [0.4, 0.5) is 10.5 Å². The van der Waals surface area contributed by atoms with Gasteiger partial charge in [0.2, 0.25) is 0 Å². The summed E-state index contributed by atoms with van der Waals surface area (Å²) in [6.07, 6.45) is 1.70. The predicted molar refractivity (Wildman–Crippen MR) is 97.0 cm³/mol. The standard InChI is InChI=1S/C19H20N4O2/c1-25-13-16-5-3-2-4-15(16)12-20-19(24)22-17-8-6-14(7-9-17)18-10-11-21-23-18/h2-11H,12-13H2,1H3,(H,21,23)(H2,20,22,24). The zero-order valence-electron chi connectivity index (χ0n) is 14.0. The molecule has 0 bridgehead atoms. The molecule has 0 aliphatic carbocycles. The molecule has 2 amide bonds. The van der Waals surface area contributed by atoms with Gasteiger partial charge in [0.25, 0.3) is 0 Å². The predicted octanol–water partition coefficient (Wildman–Crippen LogP) is 3.54. The van der Waals surface area contributed by atoms with Crippen LogP contribution in [-0.4, -0.2) is 23.3 Å². The van der Waals surface area contributed by atoms with Crippen LogP contribution in [0.5, 0.6) is 0 Å². The first kappa shape index (κ1) is 16.7. The fourth-order valence-corrected chi connectivity index (χ4v) is 2.53. The normalized spacial score (nSPS) is 10.4. The number of methoxy groups -OCH3 is 1. The van der Waals surface area contributed by atoms with E-state index < -0.39 is 0 Å². The van der Waals surface area contributed by atoms with Gasteiger partial charge in [-0.1, -0.05) is 36.4 Å². The van der Waals surface area contributed by atoms with Gasteiger partial charge in [0.1, 0.15) is 0 Å². The molecule has 0 saturated heterocycles. The number of urea groups is 1. The second kappa shape index (κ2) is 8.12. The number of ether oxygens (including phenoxy) is 1. The second-order valence-electron chi connectivity index (χ2n) is 5.56. The number of nitrogens with one attached hydrogen (secondary N) is 3. The molecule has 0 spiro atoms. The van der Waals surface area contributed by atoms with Crippen molar-refractivity contribution in [2.24, 2.45) is 0 Å². The van der Waals surface area contributed by atoms with Crippen LogP contribution in [0.2, 0.25) is 0 Å². The molecule has 6 nitrogen and oxygen atoms in total. The number of amides is 2. The molecule has 0 atom stereocenters. The third-order valence-corrected chi connectivity index (χ3v) is 3.81. The number of hydrogen-bond acceptors (Lipinski definition) is 3. The van der Waals surface area contributed by atoms with Gasteiger partial charge in [0, 0.05) is 25.5 Å². The van der Waals surface area contributed by atoms with Crippen LogP contribution >= 0.6 is 0 Å². The molecule has 1 aromatic heterocycles. The van der Waals surface area contributed by atoms with Gasteiger partial charge in [-0.15, -0.1) is 0 Å². The van der Waals surface area contributed by atoms with E-state index in [-0.39, 0.29) is 6.03 Å². The highest BCUT2D eigenvalue weighted by atomic mass is 16.5. The van der Waals surface area contributed by atoms with Crippen molar-refractivity contribution in [3.63, 3.8) is 0 Å². The largest absolute Gasteiger partial charge is 0.380 e. The lowest BCUT2D eigenvalue weighted by Gasteiger charge is -2.11. The van der Waals surface area contributed by atoms with Crippen molar-refractivity contribution in [3.8, 4) is 11.3 Å². The number of aromatic nitrogens is 2. The van der Waals surface area contributed by atoms with Gasteiger partial charge >= 0.3 is 6.03 Å². The van der Waals surface area contributed by atoms with Gasteiger partial charge in [-0.2, -0.15) is 5.10 Å². The molecule has 0 fully saturated rings. The smallest absolute Gasteiger partial charge is 0.319 e. The van der Waals surface area contributed by atoms with Crippen molar-refractivity contribution >= 4 is 11.7 Å². The molecular formula is C19H20N4O2. The molecule has 0 saturated carbocycles. The van der Waals surface area contributed by atoms with E-state index in [0.29, 0.717) is 13.2 Å². The number of carbonyl (C=O) groups excluding carboxylic acids is 1. The van der Waals surface area contributed by atoms with Crippen molar-refractivity contribution in [2.75, 3.05) is 12.4 Å². The van der Waals surface area contributed by atoms with E-state index in [1.807, 2.05) is 54.6 Å². The Bertz CT molecular complexity index is 814. The Balaban J connectivity index is 1.56. The van der Waals surface area contributed by atoms with Gasteiger partial charge in [-0.3, -0.25) is 5.10 Å². The number of rotatable bonds is 6. The van der Waals surface area contributed by atoms with Crippen LogP contribution in [0.15, 0.2) is 60.8 Å². The monoisotopic (exact) mass is 336 g/mol. The number of benzene rings is 2. The topological polar surface area (TPSA) is 79.0 Å². The van der Waals surface area contributed by atoms with Crippen LogP contribution in [0.1, 0.15) is 11.1 Å². The van der Waals surface area contributed by atoms with E-state index in [0.717, 1.165) is 28.1 Å². The van der Waals surface area contributed by atoms with Crippen molar-refractivity contribution in [2.45, 2.75) is 13.2 Å². The van der Waals surface area contributed by atoms with Gasteiger partial charge in [0.05, 0.1) is 12.3 Å². The number of hydrogen-bond donors (Lipinski definition) is 3. The second-order valence-corrected chi connectivity index (χ2v) is 5.56. The first-order chi connectivity index (χ1) is 12.3. The highest BCUT2D eigenvalue weighted by molar-refractivity contribution is 5.89. The van der Waals surface area contributed by atoms with Gasteiger partial charge in [-0.05, 0) is 34.9 Å². The summed E-state index contributed by atoms with van der Waals surface area (Å²) in [5.74, 6) is 0. The Morgan fingerprint density at radius 2 is 1.84 bits per heavy atom. The minimum atomic E-state index is -0.249. The summed E-state index contributed by atoms with van der Waals surface area (Å²) in [6.45, 7) is 0.964. The lowest BCUT2D eigenvalue weighted by Crippen LogP contribution is -2.28. The van der Waals surface area contributed by atoms with E-state index in [1.165, 1.54) is 0 Å². The Labute approximate surface area is 146 Å². The third-order valence-electron chi connectivity index (χ3n) is 3.81. The third kappa shape index (κ3) is 4.45. The van der Waals surface area contributed by atoms with Crippen LogP contribution in [-0.2, 0) is 17.9 Å². The number of H-pyrrole nitrogens is 1. The average Bonchev–Trinajstić information content (AvgIpc) is 3.17. The number of aromatic amines is 1. The zero-order valence-corrected chi connectivity index (χ0v) is 14.0. The molecule has 128 valence electrons. The first-order valence-electron chi connectivity index (χ1n) is 7.96. The number of carbonyl (C=O) groups is 1. The molecule has 0 aliphatic heterocycles. The van der Waals surface area contributed by atoms with Gasteiger partial charge in [0.15, 0.2) is 0 Å². The molecule has 3 N–H and O–H groups in total. The molecule has 2 aromatic carbocycles. The summed E-state index contributed by atoms with van der Waals surface area (Å²) >= 11 is 0. The Morgan fingerprint density at radius 1 is 1.08 bits per heavy atom. The number of anilines is 1. The molecule has 1 heterocycles. The minimum absolute atomic E-state index is 0.249. The Hall–Kier alpha value is -3.12. The number of nitrogens with zero attached hydrogens (tertiary/aromatic N) is 1. The molecule has 0 unspecified atom stereocenters. The van der Waals surface area contributed by atoms with Gasteiger partial charge < -0.3 is 15.4 Å². The van der Waals surface area contributed by atoms with Crippen molar-refractivity contribution in [1.82, 2.24) is 15.5 Å². The minimum Gasteiger partial charge on any atom is -0.380 e. The van der Waals surface area contributed by atoms with E-state index in [1.54, 1.807) is 13.3 Å². The summed E-state index contributed by atoms with van der Waals surface area (Å²) in [5.41, 5.74) is 4.77. The van der Waals surface area contributed by atoms with E-state index in [2.05, 4.69) is 20.8 Å². The lowest BCUT2D eigenvalue weighted by atomic mass is 10.1. The fraction of sp³-hybridized carbons (Fsp3) is 0.158. The molecule has 6 heteroatoms. The van der Waals surface area contributed by atoms with Crippen LogP contribution in [0.25, 0.3) is 11.3 Å². The molecule has 0 radical (unpaired) electrons. The Kier molecular flexibility index (Phi) is 5.43. The maximum absolute atomic E-state index is 12.1. The van der Waals surface area contributed by atoms with E-state index >= 15 is 0 Å². The molecule has 25 heavy (non-hydrogen) atoms. The summed E-state index contributed by atoms with van der Waals surface area (Å²) < 4.78 is 5.18. The molecule has 3 aromatic rings. The van der Waals surface area contributed by atoms with Gasteiger partial charge in [-0.25, -0.2) is 4.79 Å². The molecule has 0 aliphatic rings. The van der Waals surface area contributed by atoms with Crippen LogP contribution in [0.3, 0.4) is 0 Å². The fourth-order valence-electron chi connectivity index (χ4n) is 2.53. The van der Waals surface area contributed by atoms with E-state index in [4.69, 9.17) is 4.74 Å².